The van der Waals surface area contributed by atoms with Crippen LogP contribution in [-0.4, -0.2) is 48.8 Å². The Hall–Kier alpha value is -2.25. The first-order chi connectivity index (χ1) is 11.3. The second-order valence-electron chi connectivity index (χ2n) is 6.47. The van der Waals surface area contributed by atoms with Crippen molar-refractivity contribution in [2.24, 2.45) is 5.92 Å². The number of piperidine rings is 1. The van der Waals surface area contributed by atoms with Crippen LogP contribution in [0.25, 0.3) is 0 Å². The van der Waals surface area contributed by atoms with Crippen molar-refractivity contribution in [2.75, 3.05) is 13.1 Å². The number of rotatable bonds is 5. The maximum absolute atomic E-state index is 12.4. The molecule has 0 bridgehead atoms. The number of likely N-dealkylation sites (tertiary alicyclic amines) is 1. The lowest BCUT2D eigenvalue weighted by Gasteiger charge is -2.32. The van der Waals surface area contributed by atoms with Gasteiger partial charge in [-0.3, -0.25) is 4.79 Å². The van der Waals surface area contributed by atoms with Gasteiger partial charge in [-0.05, 0) is 31.6 Å². The number of hydrogen-bond acceptors (Lipinski definition) is 6. The van der Waals surface area contributed by atoms with Crippen LogP contribution in [0, 0.1) is 5.92 Å². The van der Waals surface area contributed by atoms with E-state index in [0.29, 0.717) is 17.7 Å². The van der Waals surface area contributed by atoms with Crippen molar-refractivity contribution in [3.05, 3.63) is 24.4 Å². The summed E-state index contributed by atoms with van der Waals surface area (Å²) in [6.45, 7) is 1.80. The van der Waals surface area contributed by atoms with E-state index in [1.165, 1.54) is 19.2 Å². The summed E-state index contributed by atoms with van der Waals surface area (Å²) in [6, 6.07) is 0. The maximum atomic E-state index is 12.4. The molecule has 2 fully saturated rings. The van der Waals surface area contributed by atoms with E-state index in [1.54, 1.807) is 11.0 Å². The quantitative estimate of drug-likeness (QED) is 0.818. The van der Waals surface area contributed by atoms with Gasteiger partial charge in [-0.15, -0.1) is 0 Å². The number of nitrogens with zero attached hydrogens (tertiary/aromatic N) is 6. The Morgan fingerprint density at radius 1 is 1.35 bits per heavy atom. The molecule has 8 heteroatoms. The second kappa shape index (κ2) is 6.10. The van der Waals surface area contributed by atoms with Crippen LogP contribution in [0.3, 0.4) is 0 Å². The number of aromatic nitrogens is 5. The van der Waals surface area contributed by atoms with E-state index in [0.717, 1.165) is 38.2 Å². The molecule has 4 rings (SSSR count). The first-order valence-electron chi connectivity index (χ1n) is 8.20. The first-order valence-corrected chi connectivity index (χ1v) is 8.20. The molecule has 0 unspecified atom stereocenters. The minimum Gasteiger partial charge on any atom is -0.341 e. The van der Waals surface area contributed by atoms with E-state index in [-0.39, 0.29) is 12.5 Å². The monoisotopic (exact) mass is 316 g/mol. The Labute approximate surface area is 133 Å². The van der Waals surface area contributed by atoms with E-state index in [4.69, 9.17) is 4.52 Å². The van der Waals surface area contributed by atoms with Gasteiger partial charge in [0.05, 0.1) is 0 Å². The molecule has 8 nitrogen and oxygen atoms in total. The molecule has 1 atom stereocenters. The molecular weight excluding hydrogens is 296 g/mol. The molecule has 2 aromatic rings. The fourth-order valence-electron chi connectivity index (χ4n) is 3.12. The summed E-state index contributed by atoms with van der Waals surface area (Å²) in [6.07, 6.45) is 8.22. The topological polar surface area (TPSA) is 89.9 Å². The van der Waals surface area contributed by atoms with Crippen LogP contribution in [0.4, 0.5) is 0 Å². The lowest BCUT2D eigenvalue weighted by Crippen LogP contribution is -2.42. The molecule has 1 amide bonds. The predicted molar refractivity (Wildman–Crippen MR) is 79.3 cm³/mol. The van der Waals surface area contributed by atoms with Gasteiger partial charge >= 0.3 is 0 Å². The number of carbonyl (C=O) groups is 1. The highest BCUT2D eigenvalue weighted by atomic mass is 16.5. The zero-order chi connectivity index (χ0) is 15.6. The molecule has 0 aromatic carbocycles. The van der Waals surface area contributed by atoms with Gasteiger partial charge in [0.25, 0.3) is 0 Å². The van der Waals surface area contributed by atoms with Gasteiger partial charge in [-0.2, -0.15) is 10.1 Å². The summed E-state index contributed by atoms with van der Waals surface area (Å²) < 4.78 is 6.92. The summed E-state index contributed by atoms with van der Waals surface area (Å²) in [5, 5.41) is 8.05. The summed E-state index contributed by atoms with van der Waals surface area (Å²) in [5.74, 6) is 2.55. The highest BCUT2D eigenvalue weighted by Crippen LogP contribution is 2.38. The first kappa shape index (κ1) is 14.3. The van der Waals surface area contributed by atoms with Crippen LogP contribution >= 0.6 is 0 Å². The molecule has 2 aromatic heterocycles. The van der Waals surface area contributed by atoms with E-state index in [1.807, 2.05) is 4.90 Å². The number of carbonyl (C=O) groups excluding carboxylic acids is 1. The van der Waals surface area contributed by atoms with Gasteiger partial charge in [0.1, 0.15) is 19.2 Å². The Kier molecular flexibility index (Phi) is 3.80. The minimum atomic E-state index is 0.0874. The molecule has 0 N–H and O–H groups in total. The summed E-state index contributed by atoms with van der Waals surface area (Å²) in [7, 11) is 0. The summed E-state index contributed by atoms with van der Waals surface area (Å²) in [4.78, 5) is 22.6. The zero-order valence-corrected chi connectivity index (χ0v) is 13.0. The van der Waals surface area contributed by atoms with Crippen molar-refractivity contribution in [1.29, 1.82) is 0 Å². The normalized spacial score (nSPS) is 21.6. The summed E-state index contributed by atoms with van der Waals surface area (Å²) in [5.41, 5.74) is 0. The standard InChI is InChI=1S/C15H20N6O2/c22-14(8-21-10-16-9-17-21)20-5-1-2-11(7-20)6-13-18-15(19-23-13)12-3-4-12/h9-12H,1-8H2/t11-/m0/s1. The SMILES string of the molecule is O=C(Cn1cncn1)N1CCC[C@@H](Cc2nc(C3CC3)no2)C1. The van der Waals surface area contributed by atoms with Crippen LogP contribution in [-0.2, 0) is 17.8 Å². The van der Waals surface area contributed by atoms with Gasteiger partial charge in [-0.25, -0.2) is 9.67 Å². The van der Waals surface area contributed by atoms with E-state index in [2.05, 4.69) is 20.2 Å². The Morgan fingerprint density at radius 2 is 2.26 bits per heavy atom. The van der Waals surface area contributed by atoms with Gasteiger partial charge in [0.2, 0.25) is 11.8 Å². The van der Waals surface area contributed by atoms with Gasteiger partial charge in [0.15, 0.2) is 5.82 Å². The largest absolute Gasteiger partial charge is 0.341 e. The highest BCUT2D eigenvalue weighted by Gasteiger charge is 2.30. The Balaban J connectivity index is 1.33. The molecule has 1 saturated heterocycles. The summed E-state index contributed by atoms with van der Waals surface area (Å²) >= 11 is 0. The fraction of sp³-hybridized carbons (Fsp3) is 0.667. The maximum Gasteiger partial charge on any atom is 0.244 e. The van der Waals surface area contributed by atoms with Crippen LogP contribution in [0.5, 0.6) is 0 Å². The van der Waals surface area contributed by atoms with Crippen molar-refractivity contribution in [3.63, 3.8) is 0 Å². The van der Waals surface area contributed by atoms with Crippen molar-refractivity contribution in [1.82, 2.24) is 29.8 Å². The van der Waals surface area contributed by atoms with E-state index < -0.39 is 0 Å². The van der Waals surface area contributed by atoms with Crippen molar-refractivity contribution < 1.29 is 9.32 Å². The third kappa shape index (κ3) is 3.40. The van der Waals surface area contributed by atoms with Crippen LogP contribution in [0.15, 0.2) is 17.2 Å². The lowest BCUT2D eigenvalue weighted by molar-refractivity contribution is -0.133. The molecular formula is C15H20N6O2. The lowest BCUT2D eigenvalue weighted by atomic mass is 9.94. The molecule has 0 spiro atoms. The molecule has 2 aliphatic rings. The van der Waals surface area contributed by atoms with E-state index in [9.17, 15) is 4.79 Å². The van der Waals surface area contributed by atoms with Crippen molar-refractivity contribution in [2.45, 2.75) is 44.6 Å². The second-order valence-corrected chi connectivity index (χ2v) is 6.47. The zero-order valence-electron chi connectivity index (χ0n) is 13.0. The smallest absolute Gasteiger partial charge is 0.244 e. The molecule has 3 heterocycles. The molecule has 0 radical (unpaired) electrons. The fourth-order valence-corrected chi connectivity index (χ4v) is 3.12. The van der Waals surface area contributed by atoms with Crippen LogP contribution in [0.1, 0.15) is 43.3 Å². The van der Waals surface area contributed by atoms with Crippen LogP contribution in [0.2, 0.25) is 0 Å². The highest BCUT2D eigenvalue weighted by molar-refractivity contribution is 5.75. The Bertz CT molecular complexity index is 663. The third-order valence-corrected chi connectivity index (χ3v) is 4.53. The van der Waals surface area contributed by atoms with Gasteiger partial charge < -0.3 is 9.42 Å². The van der Waals surface area contributed by atoms with Crippen molar-refractivity contribution >= 4 is 5.91 Å². The van der Waals surface area contributed by atoms with Gasteiger partial charge in [-0.1, -0.05) is 5.16 Å². The van der Waals surface area contributed by atoms with E-state index >= 15 is 0 Å². The number of hydrogen-bond donors (Lipinski definition) is 0. The average Bonchev–Trinajstić information content (AvgIpc) is 3.09. The molecule has 122 valence electrons. The molecule has 1 saturated carbocycles. The third-order valence-electron chi connectivity index (χ3n) is 4.53. The van der Waals surface area contributed by atoms with Crippen LogP contribution < -0.4 is 0 Å². The molecule has 23 heavy (non-hydrogen) atoms. The molecule has 1 aliphatic carbocycles. The van der Waals surface area contributed by atoms with Crippen molar-refractivity contribution in [3.8, 4) is 0 Å². The Morgan fingerprint density at radius 3 is 3.04 bits per heavy atom. The minimum absolute atomic E-state index is 0.0874. The molecule has 1 aliphatic heterocycles. The average molecular weight is 316 g/mol. The predicted octanol–water partition coefficient (Wildman–Crippen LogP) is 1.02. The van der Waals surface area contributed by atoms with Gasteiger partial charge in [0, 0.05) is 25.4 Å². The number of amides is 1.